The van der Waals surface area contributed by atoms with E-state index in [9.17, 15) is 24.1 Å². The number of halogens is 1. The first kappa shape index (κ1) is 19.6. The maximum Gasteiger partial charge on any atom is 0.306 e. The Kier molecular flexibility index (Phi) is 4.98. The summed E-state index contributed by atoms with van der Waals surface area (Å²) in [6.45, 7) is 2.02. The van der Waals surface area contributed by atoms with Crippen LogP contribution in [0.25, 0.3) is 0 Å². The monoisotopic (exact) mass is 415 g/mol. The number of amides is 2. The quantitative estimate of drug-likeness (QED) is 0.594. The third kappa shape index (κ3) is 3.63. The van der Waals surface area contributed by atoms with Gasteiger partial charge in [-0.05, 0) is 36.8 Å². The summed E-state index contributed by atoms with van der Waals surface area (Å²) >= 11 is 0. The summed E-state index contributed by atoms with van der Waals surface area (Å²) in [6.07, 6.45) is -0.0368. The Balaban J connectivity index is 1.44. The van der Waals surface area contributed by atoms with Crippen LogP contribution in [0.15, 0.2) is 36.4 Å². The molecule has 4 rings (SSSR count). The van der Waals surface area contributed by atoms with Crippen molar-refractivity contribution < 1.29 is 28.4 Å². The molecule has 0 aliphatic carbocycles. The number of anilines is 1. The van der Waals surface area contributed by atoms with Gasteiger partial charge in [0.05, 0.1) is 22.6 Å². The number of hydrogen-bond acceptors (Lipinski definition) is 6. The maximum absolute atomic E-state index is 13.6. The van der Waals surface area contributed by atoms with E-state index in [-0.39, 0.29) is 43.3 Å². The van der Waals surface area contributed by atoms with Crippen LogP contribution in [0.1, 0.15) is 24.9 Å². The second-order valence-electron chi connectivity index (χ2n) is 7.14. The molecule has 0 spiro atoms. The van der Waals surface area contributed by atoms with Crippen LogP contribution < -0.4 is 19.7 Å². The van der Waals surface area contributed by atoms with Crippen LogP contribution in [0.5, 0.6) is 11.5 Å². The molecule has 2 aliphatic rings. The first-order valence-corrected chi connectivity index (χ1v) is 9.27. The van der Waals surface area contributed by atoms with Crippen molar-refractivity contribution in [2.45, 2.75) is 19.4 Å². The number of hydrogen-bond donors (Lipinski definition) is 1. The lowest BCUT2D eigenvalue weighted by Crippen LogP contribution is -2.34. The van der Waals surface area contributed by atoms with Crippen molar-refractivity contribution in [3.8, 4) is 11.5 Å². The number of rotatable bonds is 5. The minimum absolute atomic E-state index is 0.0368. The van der Waals surface area contributed by atoms with Gasteiger partial charge in [-0.25, -0.2) is 0 Å². The summed E-state index contributed by atoms with van der Waals surface area (Å²) in [4.78, 5) is 36.5. The molecule has 156 valence electrons. The highest BCUT2D eigenvalue weighted by molar-refractivity contribution is 6.00. The zero-order valence-electron chi connectivity index (χ0n) is 16.0. The second-order valence-corrected chi connectivity index (χ2v) is 7.14. The normalized spacial score (nSPS) is 18.4. The van der Waals surface area contributed by atoms with Crippen molar-refractivity contribution in [1.29, 1.82) is 0 Å². The topological polar surface area (TPSA) is 111 Å². The highest BCUT2D eigenvalue weighted by Gasteiger charge is 2.36. The highest BCUT2D eigenvalue weighted by atomic mass is 19.1. The minimum Gasteiger partial charge on any atom is -0.454 e. The highest BCUT2D eigenvalue weighted by Crippen LogP contribution is 2.34. The van der Waals surface area contributed by atoms with Crippen LogP contribution in [0, 0.1) is 21.8 Å². The molecule has 30 heavy (non-hydrogen) atoms. The average molecular weight is 415 g/mol. The van der Waals surface area contributed by atoms with E-state index in [4.69, 9.17) is 9.47 Å². The van der Waals surface area contributed by atoms with Gasteiger partial charge in [-0.2, -0.15) is 4.39 Å². The lowest BCUT2D eigenvalue weighted by atomic mass is 10.0. The molecule has 0 aromatic heterocycles. The predicted octanol–water partition coefficient (Wildman–Crippen LogP) is 2.69. The lowest BCUT2D eigenvalue weighted by Gasteiger charge is -2.19. The minimum atomic E-state index is -0.984. The standard InChI is InChI=1S/C20H18FN3O6/c1-11(12-2-5-17-18(6-12)30-10-29-17)22-20(26)13-7-19(25)23(9-13)14-3-4-15(21)16(8-14)24(27)28/h2-6,8,11,13H,7,9-10H2,1H3,(H,22,26). The predicted molar refractivity (Wildman–Crippen MR) is 103 cm³/mol. The van der Waals surface area contributed by atoms with Gasteiger partial charge in [0.1, 0.15) is 0 Å². The van der Waals surface area contributed by atoms with Gasteiger partial charge < -0.3 is 19.7 Å². The number of benzene rings is 2. The molecule has 0 bridgehead atoms. The Morgan fingerprint density at radius 3 is 2.80 bits per heavy atom. The Morgan fingerprint density at radius 2 is 2.03 bits per heavy atom. The Bertz CT molecular complexity index is 1040. The SMILES string of the molecule is CC(NC(=O)C1CC(=O)N(c2ccc(F)c([N+](=O)[O-])c2)C1)c1ccc2c(c1)OCO2. The average Bonchev–Trinajstić information content (AvgIpc) is 3.34. The number of nitro benzene ring substituents is 1. The number of nitrogens with zero attached hydrogens (tertiary/aromatic N) is 2. The fourth-order valence-corrected chi connectivity index (χ4v) is 3.54. The van der Waals surface area contributed by atoms with Gasteiger partial charge in [-0.1, -0.05) is 6.07 Å². The molecule has 2 amide bonds. The van der Waals surface area contributed by atoms with Crippen LogP contribution in [0.4, 0.5) is 15.8 Å². The van der Waals surface area contributed by atoms with Crippen LogP contribution >= 0.6 is 0 Å². The van der Waals surface area contributed by atoms with E-state index in [0.29, 0.717) is 11.5 Å². The summed E-state index contributed by atoms with van der Waals surface area (Å²) in [7, 11) is 0. The first-order valence-electron chi connectivity index (χ1n) is 9.27. The zero-order chi connectivity index (χ0) is 21.4. The molecule has 2 heterocycles. The molecule has 1 saturated heterocycles. The fraction of sp³-hybridized carbons (Fsp3) is 0.300. The molecular weight excluding hydrogens is 397 g/mol. The van der Waals surface area contributed by atoms with Crippen molar-refractivity contribution in [3.63, 3.8) is 0 Å². The molecule has 9 nitrogen and oxygen atoms in total. The van der Waals surface area contributed by atoms with E-state index in [1.54, 1.807) is 12.1 Å². The lowest BCUT2D eigenvalue weighted by molar-refractivity contribution is -0.387. The van der Waals surface area contributed by atoms with Crippen molar-refractivity contribution in [2.24, 2.45) is 5.92 Å². The summed E-state index contributed by atoms with van der Waals surface area (Å²) < 4.78 is 24.2. The smallest absolute Gasteiger partial charge is 0.306 e. The number of nitrogens with one attached hydrogen (secondary N) is 1. The largest absolute Gasteiger partial charge is 0.454 e. The molecule has 2 unspecified atom stereocenters. The molecule has 10 heteroatoms. The number of nitro groups is 1. The molecule has 2 atom stereocenters. The van der Waals surface area contributed by atoms with E-state index in [0.717, 1.165) is 17.7 Å². The third-order valence-electron chi connectivity index (χ3n) is 5.19. The fourth-order valence-electron chi connectivity index (χ4n) is 3.54. The van der Waals surface area contributed by atoms with Gasteiger partial charge in [0.15, 0.2) is 11.5 Å². The first-order chi connectivity index (χ1) is 14.3. The van der Waals surface area contributed by atoms with Crippen molar-refractivity contribution >= 4 is 23.2 Å². The molecule has 1 fully saturated rings. The molecule has 1 N–H and O–H groups in total. The van der Waals surface area contributed by atoms with E-state index in [1.807, 2.05) is 13.0 Å². The van der Waals surface area contributed by atoms with Gasteiger partial charge in [-0.15, -0.1) is 0 Å². The summed E-state index contributed by atoms with van der Waals surface area (Å²) in [5.74, 6) is -1.03. The Labute approximate surface area is 170 Å². The molecule has 2 aromatic carbocycles. The van der Waals surface area contributed by atoms with Gasteiger partial charge >= 0.3 is 5.69 Å². The van der Waals surface area contributed by atoms with Gasteiger partial charge in [-0.3, -0.25) is 19.7 Å². The summed E-state index contributed by atoms with van der Waals surface area (Å²) in [5.41, 5.74) is 0.291. The van der Waals surface area contributed by atoms with Gasteiger partial charge in [0, 0.05) is 19.0 Å². The molecule has 0 saturated carbocycles. The van der Waals surface area contributed by atoms with Gasteiger partial charge in [0.25, 0.3) is 0 Å². The number of fused-ring (bicyclic) bond motifs is 1. The number of ether oxygens (including phenoxy) is 2. The third-order valence-corrected chi connectivity index (χ3v) is 5.19. The number of carbonyl (C=O) groups excluding carboxylic acids is 2. The van der Waals surface area contributed by atoms with Gasteiger partial charge in [0.2, 0.25) is 24.4 Å². The van der Waals surface area contributed by atoms with Crippen molar-refractivity contribution in [1.82, 2.24) is 5.32 Å². The molecule has 2 aromatic rings. The molecule has 2 aliphatic heterocycles. The van der Waals surface area contributed by atoms with E-state index < -0.39 is 22.3 Å². The zero-order valence-corrected chi connectivity index (χ0v) is 16.0. The van der Waals surface area contributed by atoms with Crippen LogP contribution in [-0.4, -0.2) is 30.1 Å². The summed E-state index contributed by atoms with van der Waals surface area (Å²) in [6, 6.07) is 8.28. The van der Waals surface area contributed by atoms with Crippen LogP contribution in [0.3, 0.4) is 0 Å². The van der Waals surface area contributed by atoms with E-state index in [1.165, 1.54) is 11.0 Å². The summed E-state index contributed by atoms with van der Waals surface area (Å²) in [5, 5.41) is 13.8. The molecular formula is C20H18FN3O6. The second kappa shape index (κ2) is 7.62. The number of carbonyl (C=O) groups is 2. The Morgan fingerprint density at radius 1 is 1.27 bits per heavy atom. The van der Waals surface area contributed by atoms with E-state index >= 15 is 0 Å². The van der Waals surface area contributed by atoms with E-state index in [2.05, 4.69) is 5.32 Å². The van der Waals surface area contributed by atoms with Crippen molar-refractivity contribution in [2.75, 3.05) is 18.2 Å². The Hall–Kier alpha value is -3.69. The maximum atomic E-state index is 13.6. The van der Waals surface area contributed by atoms with Crippen molar-refractivity contribution in [3.05, 3.63) is 57.9 Å². The van der Waals surface area contributed by atoms with Crippen LogP contribution in [-0.2, 0) is 9.59 Å². The van der Waals surface area contributed by atoms with Crippen LogP contribution in [0.2, 0.25) is 0 Å². The molecule has 0 radical (unpaired) electrons.